The first-order valence-electron chi connectivity index (χ1n) is 6.46. The van der Waals surface area contributed by atoms with Gasteiger partial charge in [0, 0.05) is 10.6 Å². The minimum Gasteiger partial charge on any atom is -0.348 e. The molecule has 0 aromatic heterocycles. The maximum Gasteiger partial charge on any atom is 0.240 e. The van der Waals surface area contributed by atoms with Gasteiger partial charge in [-0.1, -0.05) is 6.92 Å². The lowest BCUT2D eigenvalue weighted by atomic mass is 9.97. The summed E-state index contributed by atoms with van der Waals surface area (Å²) in [6, 6.07) is 4.59. The van der Waals surface area contributed by atoms with Crippen molar-refractivity contribution in [2.24, 2.45) is 5.73 Å². The van der Waals surface area contributed by atoms with E-state index < -0.39 is 5.54 Å². The molecule has 2 rings (SSSR count). The van der Waals surface area contributed by atoms with Crippen LogP contribution >= 0.6 is 11.8 Å². The predicted molar refractivity (Wildman–Crippen MR) is 75.5 cm³/mol. The molecule has 19 heavy (non-hydrogen) atoms. The van der Waals surface area contributed by atoms with Gasteiger partial charge in [-0.25, -0.2) is 4.39 Å². The number of nitrogens with one attached hydrogen (secondary N) is 1. The van der Waals surface area contributed by atoms with Crippen molar-refractivity contribution in [1.82, 2.24) is 5.32 Å². The Morgan fingerprint density at radius 1 is 1.63 bits per heavy atom. The highest BCUT2D eigenvalue weighted by atomic mass is 32.2. The van der Waals surface area contributed by atoms with Crippen molar-refractivity contribution < 1.29 is 9.18 Å². The highest BCUT2D eigenvalue weighted by molar-refractivity contribution is 7.99. The average molecular weight is 282 g/mol. The monoisotopic (exact) mass is 282 g/mol. The molecule has 5 heteroatoms. The lowest BCUT2D eigenvalue weighted by Crippen LogP contribution is -2.52. The number of rotatable bonds is 3. The average Bonchev–Trinajstić information content (AvgIpc) is 2.39. The van der Waals surface area contributed by atoms with E-state index in [1.165, 1.54) is 12.1 Å². The van der Waals surface area contributed by atoms with E-state index in [0.29, 0.717) is 6.42 Å². The molecule has 0 saturated carbocycles. The summed E-state index contributed by atoms with van der Waals surface area (Å²) in [6.45, 7) is 3.59. The molecule has 0 saturated heterocycles. The van der Waals surface area contributed by atoms with E-state index in [9.17, 15) is 9.18 Å². The van der Waals surface area contributed by atoms with Gasteiger partial charge in [0.1, 0.15) is 5.82 Å². The van der Waals surface area contributed by atoms with Crippen LogP contribution in [0.25, 0.3) is 0 Å². The summed E-state index contributed by atoms with van der Waals surface area (Å²) in [5.74, 6) is 0.463. The van der Waals surface area contributed by atoms with Gasteiger partial charge in [0.2, 0.25) is 5.91 Å². The van der Waals surface area contributed by atoms with Crippen molar-refractivity contribution >= 4 is 17.7 Å². The minimum atomic E-state index is -0.877. The van der Waals surface area contributed by atoms with E-state index in [2.05, 4.69) is 5.32 Å². The predicted octanol–water partition coefficient (Wildman–Crippen LogP) is 2.61. The Morgan fingerprint density at radius 3 is 3.05 bits per heavy atom. The van der Waals surface area contributed by atoms with Crippen LogP contribution in [0.4, 0.5) is 4.39 Å². The summed E-state index contributed by atoms with van der Waals surface area (Å²) in [7, 11) is 0. The lowest BCUT2D eigenvalue weighted by Gasteiger charge is -2.30. The summed E-state index contributed by atoms with van der Waals surface area (Å²) in [5.41, 5.74) is 5.92. The van der Waals surface area contributed by atoms with Crippen LogP contribution in [0.5, 0.6) is 0 Å². The van der Waals surface area contributed by atoms with Crippen molar-refractivity contribution in [2.75, 3.05) is 5.75 Å². The van der Waals surface area contributed by atoms with E-state index in [0.717, 1.165) is 22.6 Å². The maximum atomic E-state index is 13.4. The van der Waals surface area contributed by atoms with Gasteiger partial charge >= 0.3 is 0 Å². The number of fused-ring (bicyclic) bond motifs is 1. The van der Waals surface area contributed by atoms with Crippen molar-refractivity contribution in [3.8, 4) is 0 Å². The van der Waals surface area contributed by atoms with Crippen molar-refractivity contribution in [3.05, 3.63) is 29.6 Å². The molecule has 104 valence electrons. The number of thioether (sulfide) groups is 1. The molecular weight excluding hydrogens is 263 g/mol. The van der Waals surface area contributed by atoms with Crippen LogP contribution in [0.2, 0.25) is 0 Å². The third kappa shape index (κ3) is 3.09. The molecule has 3 N–H and O–H groups in total. The summed E-state index contributed by atoms with van der Waals surface area (Å²) in [4.78, 5) is 13.2. The van der Waals surface area contributed by atoms with Gasteiger partial charge in [-0.3, -0.25) is 4.79 Å². The van der Waals surface area contributed by atoms with Gasteiger partial charge in [-0.2, -0.15) is 0 Å². The van der Waals surface area contributed by atoms with Crippen molar-refractivity contribution in [2.45, 2.75) is 43.2 Å². The molecule has 0 radical (unpaired) electrons. The number of carbonyl (C=O) groups excluding carboxylic acids is 1. The first-order chi connectivity index (χ1) is 8.94. The number of benzene rings is 1. The zero-order chi connectivity index (χ0) is 14.0. The molecule has 1 amide bonds. The summed E-state index contributed by atoms with van der Waals surface area (Å²) < 4.78 is 13.4. The van der Waals surface area contributed by atoms with Gasteiger partial charge < -0.3 is 11.1 Å². The minimum absolute atomic E-state index is 0.145. The quantitative estimate of drug-likeness (QED) is 0.896. The zero-order valence-corrected chi connectivity index (χ0v) is 12.0. The Bertz CT molecular complexity index is 490. The number of hydrogen-bond acceptors (Lipinski definition) is 3. The molecule has 1 aliphatic rings. The van der Waals surface area contributed by atoms with E-state index >= 15 is 0 Å². The summed E-state index contributed by atoms with van der Waals surface area (Å²) in [6.07, 6.45) is 1.36. The molecular formula is C14H19FN2OS. The Hall–Kier alpha value is -1.07. The van der Waals surface area contributed by atoms with Crippen LogP contribution in [-0.2, 0) is 4.79 Å². The van der Waals surface area contributed by atoms with E-state index in [1.807, 2.05) is 6.92 Å². The molecule has 1 aliphatic heterocycles. The van der Waals surface area contributed by atoms with E-state index in [-0.39, 0.29) is 17.8 Å². The fraction of sp³-hybridized carbons (Fsp3) is 0.500. The van der Waals surface area contributed by atoms with Crippen molar-refractivity contribution in [1.29, 1.82) is 0 Å². The second-order valence-electron chi connectivity index (χ2n) is 5.12. The molecule has 1 heterocycles. The first kappa shape index (κ1) is 14.3. The molecule has 0 aliphatic carbocycles. The third-order valence-electron chi connectivity index (χ3n) is 3.57. The van der Waals surface area contributed by atoms with Gasteiger partial charge in [0.15, 0.2) is 0 Å². The second kappa shape index (κ2) is 5.51. The molecule has 0 fully saturated rings. The van der Waals surface area contributed by atoms with E-state index in [4.69, 9.17) is 5.73 Å². The van der Waals surface area contributed by atoms with Crippen LogP contribution in [0, 0.1) is 5.82 Å². The number of halogens is 1. The zero-order valence-electron chi connectivity index (χ0n) is 11.2. The first-order valence-corrected chi connectivity index (χ1v) is 7.44. The lowest BCUT2D eigenvalue weighted by molar-refractivity contribution is -0.126. The third-order valence-corrected chi connectivity index (χ3v) is 4.69. The maximum absolute atomic E-state index is 13.4. The van der Waals surface area contributed by atoms with Gasteiger partial charge in [-0.15, -0.1) is 11.8 Å². The van der Waals surface area contributed by atoms with Gasteiger partial charge in [0.05, 0.1) is 11.6 Å². The molecule has 2 atom stereocenters. The van der Waals surface area contributed by atoms with E-state index in [1.54, 1.807) is 24.8 Å². The molecule has 3 nitrogen and oxygen atoms in total. The van der Waals surface area contributed by atoms with Crippen LogP contribution in [0.1, 0.15) is 38.3 Å². The van der Waals surface area contributed by atoms with Gasteiger partial charge in [-0.05, 0) is 43.5 Å². The fourth-order valence-electron chi connectivity index (χ4n) is 2.00. The Morgan fingerprint density at radius 2 is 2.37 bits per heavy atom. The van der Waals surface area contributed by atoms with Crippen LogP contribution < -0.4 is 11.1 Å². The summed E-state index contributed by atoms with van der Waals surface area (Å²) in [5, 5.41) is 2.95. The Balaban J connectivity index is 2.20. The molecule has 1 aromatic carbocycles. The summed E-state index contributed by atoms with van der Waals surface area (Å²) >= 11 is 1.69. The number of carbonyl (C=O) groups is 1. The molecule has 0 spiro atoms. The largest absolute Gasteiger partial charge is 0.348 e. The smallest absolute Gasteiger partial charge is 0.240 e. The normalized spacial score (nSPS) is 21.4. The highest BCUT2D eigenvalue weighted by Crippen LogP contribution is 2.36. The van der Waals surface area contributed by atoms with Crippen LogP contribution in [0.3, 0.4) is 0 Å². The standard InChI is InChI=1S/C14H19FN2OS/c1-3-14(2,16)13(18)17-11-6-7-19-12-5-4-9(15)8-10(11)12/h4-5,8,11H,3,6-7,16H2,1-2H3,(H,17,18). The van der Waals surface area contributed by atoms with Crippen LogP contribution in [0.15, 0.2) is 23.1 Å². The topological polar surface area (TPSA) is 55.1 Å². The molecule has 1 aromatic rings. The molecule has 0 bridgehead atoms. The highest BCUT2D eigenvalue weighted by Gasteiger charge is 2.30. The Kier molecular flexibility index (Phi) is 4.16. The number of amides is 1. The number of nitrogens with two attached hydrogens (primary N) is 1. The molecule has 2 unspecified atom stereocenters. The van der Waals surface area contributed by atoms with Crippen LogP contribution in [-0.4, -0.2) is 17.2 Å². The SMILES string of the molecule is CCC(C)(N)C(=O)NC1CCSc2ccc(F)cc21. The van der Waals surface area contributed by atoms with Gasteiger partial charge in [0.25, 0.3) is 0 Å². The number of hydrogen-bond donors (Lipinski definition) is 2. The second-order valence-corrected chi connectivity index (χ2v) is 6.25. The van der Waals surface area contributed by atoms with Crippen molar-refractivity contribution in [3.63, 3.8) is 0 Å². The fourth-order valence-corrected chi connectivity index (χ4v) is 3.10. The Labute approximate surface area is 117 Å².